The first kappa shape index (κ1) is 17.7. The molecule has 0 amide bonds. The van der Waals surface area contributed by atoms with E-state index in [1.54, 1.807) is 0 Å². The molecule has 2 aromatic carbocycles. The number of rotatable bonds is 3. The van der Waals surface area contributed by atoms with E-state index in [-0.39, 0.29) is 10.2 Å². The minimum absolute atomic E-state index is 0.217. The van der Waals surface area contributed by atoms with Crippen LogP contribution in [0.3, 0.4) is 0 Å². The van der Waals surface area contributed by atoms with Crippen molar-refractivity contribution in [3.05, 3.63) is 52.5 Å². The summed E-state index contributed by atoms with van der Waals surface area (Å²) in [6.07, 6.45) is 0. The molecule has 0 spiro atoms. The molecule has 0 bridgehead atoms. The number of hydrogen-bond acceptors (Lipinski definition) is 3. The van der Waals surface area contributed by atoms with E-state index in [0.717, 1.165) is 24.3 Å². The highest BCUT2D eigenvalue weighted by Gasteiger charge is 2.47. The Labute approximate surface area is 135 Å². The van der Waals surface area contributed by atoms with E-state index in [4.69, 9.17) is 4.74 Å². The van der Waals surface area contributed by atoms with E-state index in [9.17, 15) is 30.4 Å². The van der Waals surface area contributed by atoms with Crippen molar-refractivity contribution in [2.45, 2.75) is 10.4 Å². The van der Waals surface area contributed by atoms with Crippen molar-refractivity contribution in [3.8, 4) is 11.5 Å². The number of halogens is 6. The Balaban J connectivity index is 2.42. The Bertz CT molecular complexity index is 829. The Kier molecular flexibility index (Phi) is 4.67. The van der Waals surface area contributed by atoms with Crippen molar-refractivity contribution in [3.63, 3.8) is 0 Å². The number of sulfone groups is 1. The third kappa shape index (κ3) is 3.47. The van der Waals surface area contributed by atoms with E-state index in [2.05, 4.69) is 15.9 Å². The summed E-state index contributed by atoms with van der Waals surface area (Å²) in [5.74, 6) is -3.07. The van der Waals surface area contributed by atoms with Crippen LogP contribution in [0.5, 0.6) is 11.5 Å². The molecule has 124 valence electrons. The quantitative estimate of drug-likeness (QED) is 0.674. The SMILES string of the molecule is O=S(=O)(c1ccc(Oc2c(F)cccc2F)c(Br)c1)C(F)(F)F. The van der Waals surface area contributed by atoms with Gasteiger partial charge in [0.25, 0.3) is 9.84 Å². The van der Waals surface area contributed by atoms with Gasteiger partial charge in [0.1, 0.15) is 5.75 Å². The highest BCUT2D eigenvalue weighted by Crippen LogP contribution is 2.37. The summed E-state index contributed by atoms with van der Waals surface area (Å²) in [5, 5.41) is 0. The van der Waals surface area contributed by atoms with Gasteiger partial charge in [-0.1, -0.05) is 6.07 Å². The number of ether oxygens (including phenoxy) is 1. The van der Waals surface area contributed by atoms with Crippen LogP contribution in [0.4, 0.5) is 22.0 Å². The van der Waals surface area contributed by atoms with Gasteiger partial charge in [0, 0.05) is 0 Å². The summed E-state index contributed by atoms with van der Waals surface area (Å²) in [6, 6.07) is 5.07. The van der Waals surface area contributed by atoms with Gasteiger partial charge in [-0.2, -0.15) is 13.2 Å². The molecule has 10 heteroatoms. The molecular formula is C13H6BrF5O3S. The van der Waals surface area contributed by atoms with Crippen LogP contribution in [-0.2, 0) is 9.84 Å². The highest BCUT2D eigenvalue weighted by atomic mass is 79.9. The van der Waals surface area contributed by atoms with E-state index < -0.39 is 37.6 Å². The van der Waals surface area contributed by atoms with E-state index in [1.807, 2.05) is 0 Å². The molecule has 23 heavy (non-hydrogen) atoms. The smallest absolute Gasteiger partial charge is 0.450 e. The van der Waals surface area contributed by atoms with Crippen molar-refractivity contribution in [2.24, 2.45) is 0 Å². The third-order valence-corrected chi connectivity index (χ3v) is 4.75. The van der Waals surface area contributed by atoms with Crippen molar-refractivity contribution >= 4 is 25.8 Å². The Morgan fingerprint density at radius 2 is 1.57 bits per heavy atom. The van der Waals surface area contributed by atoms with Gasteiger partial charge in [-0.05, 0) is 46.3 Å². The summed E-state index contributed by atoms with van der Waals surface area (Å²) in [4.78, 5) is -1.03. The Hall–Kier alpha value is -1.68. The van der Waals surface area contributed by atoms with Crippen LogP contribution in [0.25, 0.3) is 0 Å². The maximum atomic E-state index is 13.5. The molecule has 0 radical (unpaired) electrons. The lowest BCUT2D eigenvalue weighted by molar-refractivity contribution is -0.0436. The first-order chi connectivity index (χ1) is 10.5. The summed E-state index contributed by atoms with van der Waals surface area (Å²) in [6.45, 7) is 0. The molecule has 2 rings (SSSR count). The average Bonchev–Trinajstić information content (AvgIpc) is 2.43. The fourth-order valence-electron chi connectivity index (χ4n) is 1.56. The number of alkyl halides is 3. The molecule has 0 unspecified atom stereocenters. The number of hydrogen-bond donors (Lipinski definition) is 0. The summed E-state index contributed by atoms with van der Waals surface area (Å²) in [5.41, 5.74) is -5.47. The third-order valence-electron chi connectivity index (χ3n) is 2.65. The van der Waals surface area contributed by atoms with Crippen molar-refractivity contribution in [1.82, 2.24) is 0 Å². The van der Waals surface area contributed by atoms with Crippen molar-refractivity contribution in [2.75, 3.05) is 0 Å². The minimum Gasteiger partial charge on any atom is -0.450 e. The predicted octanol–water partition coefficient (Wildman–Crippen LogP) is 4.81. The van der Waals surface area contributed by atoms with Gasteiger partial charge in [-0.25, -0.2) is 17.2 Å². The predicted molar refractivity (Wildman–Crippen MR) is 73.8 cm³/mol. The summed E-state index contributed by atoms with van der Waals surface area (Å²) >= 11 is 2.81. The molecule has 0 aliphatic rings. The fraction of sp³-hybridized carbons (Fsp3) is 0.0769. The van der Waals surface area contributed by atoms with Crippen LogP contribution in [0, 0.1) is 11.6 Å². The van der Waals surface area contributed by atoms with Crippen LogP contribution in [0.2, 0.25) is 0 Å². The van der Waals surface area contributed by atoms with Gasteiger partial charge in [0.15, 0.2) is 17.4 Å². The lowest BCUT2D eigenvalue weighted by Crippen LogP contribution is -2.23. The second-order valence-electron chi connectivity index (χ2n) is 4.19. The first-order valence-electron chi connectivity index (χ1n) is 5.77. The monoisotopic (exact) mass is 416 g/mol. The van der Waals surface area contributed by atoms with E-state index in [0.29, 0.717) is 12.1 Å². The van der Waals surface area contributed by atoms with Crippen molar-refractivity contribution in [1.29, 1.82) is 0 Å². The number of para-hydroxylation sites is 1. The maximum Gasteiger partial charge on any atom is 0.501 e. The topological polar surface area (TPSA) is 43.4 Å². The summed E-state index contributed by atoms with van der Waals surface area (Å²) in [7, 11) is -5.54. The molecule has 0 atom stereocenters. The van der Waals surface area contributed by atoms with Crippen molar-refractivity contribution < 1.29 is 35.1 Å². The molecule has 0 aromatic heterocycles. The largest absolute Gasteiger partial charge is 0.501 e. The Morgan fingerprint density at radius 3 is 2.04 bits per heavy atom. The van der Waals surface area contributed by atoms with Crippen LogP contribution < -0.4 is 4.74 Å². The molecular weight excluding hydrogens is 411 g/mol. The molecule has 0 N–H and O–H groups in total. The van der Waals surface area contributed by atoms with Crippen LogP contribution in [-0.4, -0.2) is 13.9 Å². The molecule has 0 fully saturated rings. The first-order valence-corrected chi connectivity index (χ1v) is 8.04. The van der Waals surface area contributed by atoms with Gasteiger partial charge in [0.05, 0.1) is 9.37 Å². The lowest BCUT2D eigenvalue weighted by Gasteiger charge is -2.12. The molecule has 0 saturated heterocycles. The van der Waals surface area contributed by atoms with E-state index in [1.165, 1.54) is 0 Å². The van der Waals surface area contributed by atoms with Crippen LogP contribution in [0.15, 0.2) is 45.8 Å². The maximum absolute atomic E-state index is 13.5. The molecule has 0 heterocycles. The Morgan fingerprint density at radius 1 is 1.00 bits per heavy atom. The zero-order chi connectivity index (χ0) is 17.4. The molecule has 0 saturated carbocycles. The van der Waals surface area contributed by atoms with Gasteiger partial charge in [-0.3, -0.25) is 0 Å². The van der Waals surface area contributed by atoms with Crippen LogP contribution in [0.1, 0.15) is 0 Å². The van der Waals surface area contributed by atoms with Crippen LogP contribution >= 0.6 is 15.9 Å². The van der Waals surface area contributed by atoms with Gasteiger partial charge >= 0.3 is 5.51 Å². The van der Waals surface area contributed by atoms with Gasteiger partial charge in [0.2, 0.25) is 0 Å². The zero-order valence-electron chi connectivity index (χ0n) is 10.9. The molecule has 0 aliphatic heterocycles. The zero-order valence-corrected chi connectivity index (χ0v) is 13.3. The normalized spacial score (nSPS) is 12.3. The molecule has 3 nitrogen and oxygen atoms in total. The van der Waals surface area contributed by atoms with Gasteiger partial charge < -0.3 is 4.74 Å². The van der Waals surface area contributed by atoms with Gasteiger partial charge in [-0.15, -0.1) is 0 Å². The summed E-state index contributed by atoms with van der Waals surface area (Å²) < 4.78 is 91.6. The molecule has 2 aromatic rings. The minimum atomic E-state index is -5.54. The second kappa shape index (κ2) is 6.08. The average molecular weight is 417 g/mol. The molecule has 0 aliphatic carbocycles. The highest BCUT2D eigenvalue weighted by molar-refractivity contribution is 9.10. The second-order valence-corrected chi connectivity index (χ2v) is 6.99. The fourth-order valence-corrected chi connectivity index (χ4v) is 2.95. The number of benzene rings is 2. The van der Waals surface area contributed by atoms with E-state index >= 15 is 0 Å². The standard InChI is InChI=1S/C13H6BrF5O3S/c14-8-6-7(23(20,21)13(17,18)19)4-5-11(8)22-12-9(15)2-1-3-10(12)16/h1-6H. The lowest BCUT2D eigenvalue weighted by atomic mass is 10.3.